The molecule has 324 valence electrons. The molecule has 4 heterocycles. The second kappa shape index (κ2) is 15.3. The van der Waals surface area contributed by atoms with E-state index in [4.69, 9.17) is 9.47 Å². The Kier molecular flexibility index (Phi) is 8.85. The Morgan fingerprint density at radius 1 is 0.441 bits per heavy atom. The van der Waals surface area contributed by atoms with Crippen LogP contribution in [0.2, 0.25) is 0 Å². The van der Waals surface area contributed by atoms with Gasteiger partial charge in [-0.3, -0.25) is 0 Å². The van der Waals surface area contributed by atoms with Crippen molar-refractivity contribution in [1.29, 1.82) is 0 Å². The third kappa shape index (κ3) is 5.97. The fraction of sp³-hybridized carbons (Fsp3) is 0.0645. The predicted molar refractivity (Wildman–Crippen MR) is 289 cm³/mol. The van der Waals surface area contributed by atoms with Gasteiger partial charge in [-0.2, -0.15) is 0 Å². The zero-order chi connectivity index (χ0) is 45.0. The van der Waals surface area contributed by atoms with Crippen LogP contribution in [0.5, 0.6) is 11.5 Å². The van der Waals surface area contributed by atoms with Crippen LogP contribution >= 0.6 is 22.7 Å². The van der Waals surface area contributed by atoms with Crippen molar-refractivity contribution in [2.45, 2.75) is 12.3 Å². The van der Waals surface area contributed by atoms with Crippen molar-refractivity contribution in [3.63, 3.8) is 0 Å². The number of hydrogen-bond donors (Lipinski definition) is 0. The summed E-state index contributed by atoms with van der Waals surface area (Å²) in [5, 5.41) is 11.5. The topological polar surface area (TPSA) is 28.3 Å². The third-order valence-corrected chi connectivity index (χ3v) is 16.7. The molecule has 68 heavy (non-hydrogen) atoms. The fourth-order valence-electron chi connectivity index (χ4n) is 11.0. The summed E-state index contributed by atoms with van der Waals surface area (Å²) in [6, 6.07) is 69.2. The molecule has 1 atom stereocenters. The molecule has 0 fully saturated rings. The molecule has 0 radical (unpaired) electrons. The van der Waals surface area contributed by atoms with Crippen LogP contribution in [-0.2, 0) is 0 Å². The second-order valence-electron chi connectivity index (χ2n) is 17.9. The van der Waals surface area contributed by atoms with E-state index in [9.17, 15) is 0 Å². The first-order valence-corrected chi connectivity index (χ1v) is 24.8. The molecule has 4 nitrogen and oxygen atoms in total. The minimum Gasteiger partial charge on any atom is -0.497 e. The van der Waals surface area contributed by atoms with Gasteiger partial charge < -0.3 is 18.6 Å². The molecular weight excluding hydrogens is 869 g/mol. The first-order valence-electron chi connectivity index (χ1n) is 23.1. The zero-order valence-electron chi connectivity index (χ0n) is 37.4. The lowest BCUT2D eigenvalue weighted by molar-refractivity contribution is 0.414. The molecule has 6 heteroatoms. The molecule has 13 aromatic rings. The average molecular weight is 911 g/mol. The Balaban J connectivity index is 0.971. The molecule has 0 bridgehead atoms. The van der Waals surface area contributed by atoms with E-state index in [1.54, 1.807) is 14.2 Å². The Hall–Kier alpha value is -7.90. The smallest absolute Gasteiger partial charge is 0.119 e. The molecule has 4 aromatic heterocycles. The second-order valence-corrected chi connectivity index (χ2v) is 20.0. The average Bonchev–Trinajstić information content (AvgIpc) is 4.16. The molecule has 1 aliphatic rings. The predicted octanol–water partition coefficient (Wildman–Crippen LogP) is 15.6. The highest BCUT2D eigenvalue weighted by molar-refractivity contribution is 7.26. The van der Waals surface area contributed by atoms with Gasteiger partial charge in [0.1, 0.15) is 11.5 Å². The summed E-state index contributed by atoms with van der Waals surface area (Å²) in [5.74, 6) is 1.93. The SMILES string of the molecule is COc1ccc(-n2c3c(c4cc(-c5ccc6c(c5)c5cc(-c7cccc8c7sc7ccccc78)ccc5n6-c5ccc(OC)cc5)ccc42)=CC(c2cccc4c2sc2ccccc24)CC=3)cc1. The van der Waals surface area contributed by atoms with Crippen LogP contribution in [0.15, 0.2) is 188 Å². The number of ether oxygens (including phenoxy) is 2. The van der Waals surface area contributed by atoms with Crippen LogP contribution in [-0.4, -0.2) is 23.4 Å². The lowest BCUT2D eigenvalue weighted by atomic mass is 9.90. The van der Waals surface area contributed by atoms with Gasteiger partial charge in [0.2, 0.25) is 0 Å². The van der Waals surface area contributed by atoms with E-state index < -0.39 is 0 Å². The zero-order valence-corrected chi connectivity index (χ0v) is 39.0. The standard InChI is InChI=1S/C62H42N2O2S2/c1-65-43-25-21-41(22-26-43)63-55-29-17-37(33-51(55)53-35-39(19-31-57(53)63)45-11-7-13-49-47-9-3-5-15-59(47)67-61(45)49)38-18-30-56-52(34-38)54-36-40(20-32-58(54)64(56)42-23-27-44(66-2)28-24-42)46-12-8-14-50-48-10-4-6-16-60(48)68-62(46)50/h3-19,21-36,40H,20H2,1-2H3. The minimum atomic E-state index is 0.242. The lowest BCUT2D eigenvalue weighted by Crippen LogP contribution is -2.31. The van der Waals surface area contributed by atoms with Crippen LogP contribution in [0, 0.1) is 0 Å². The van der Waals surface area contributed by atoms with Gasteiger partial charge in [0, 0.05) is 84.4 Å². The van der Waals surface area contributed by atoms with Gasteiger partial charge in [0.15, 0.2) is 0 Å². The van der Waals surface area contributed by atoms with Crippen LogP contribution in [0.4, 0.5) is 0 Å². The minimum absolute atomic E-state index is 0.242. The Labute approximate surface area is 400 Å². The molecule has 14 rings (SSSR count). The van der Waals surface area contributed by atoms with Crippen molar-refractivity contribution in [3.8, 4) is 45.1 Å². The van der Waals surface area contributed by atoms with Crippen molar-refractivity contribution >= 4 is 108 Å². The van der Waals surface area contributed by atoms with E-state index in [0.29, 0.717) is 0 Å². The van der Waals surface area contributed by atoms with Gasteiger partial charge in [-0.05, 0) is 131 Å². The van der Waals surface area contributed by atoms with Crippen molar-refractivity contribution in [1.82, 2.24) is 9.13 Å². The molecule has 0 amide bonds. The summed E-state index contributed by atoms with van der Waals surface area (Å²) in [6.07, 6.45) is 5.94. The van der Waals surface area contributed by atoms with Gasteiger partial charge in [-0.15, -0.1) is 22.7 Å². The van der Waals surface area contributed by atoms with Crippen LogP contribution in [0.3, 0.4) is 0 Å². The number of nitrogens with zero attached hydrogens (tertiary/aromatic N) is 2. The number of hydrogen-bond acceptors (Lipinski definition) is 4. The number of rotatable bonds is 7. The van der Waals surface area contributed by atoms with Crippen molar-refractivity contribution in [2.75, 3.05) is 14.2 Å². The van der Waals surface area contributed by atoms with Gasteiger partial charge in [0.05, 0.1) is 30.8 Å². The third-order valence-electron chi connectivity index (χ3n) is 14.3. The highest BCUT2D eigenvalue weighted by Crippen LogP contribution is 2.44. The van der Waals surface area contributed by atoms with E-state index in [-0.39, 0.29) is 5.92 Å². The van der Waals surface area contributed by atoms with Gasteiger partial charge in [0.25, 0.3) is 0 Å². The van der Waals surface area contributed by atoms with Gasteiger partial charge in [-0.1, -0.05) is 103 Å². The molecule has 0 saturated heterocycles. The maximum absolute atomic E-state index is 5.59. The van der Waals surface area contributed by atoms with E-state index in [1.807, 2.05) is 34.8 Å². The summed E-state index contributed by atoms with van der Waals surface area (Å²) in [5.41, 5.74) is 12.0. The van der Waals surface area contributed by atoms with Crippen LogP contribution in [0.25, 0.3) is 119 Å². The quantitative estimate of drug-likeness (QED) is 0.159. The van der Waals surface area contributed by atoms with Gasteiger partial charge >= 0.3 is 0 Å². The van der Waals surface area contributed by atoms with Crippen LogP contribution < -0.4 is 20.0 Å². The van der Waals surface area contributed by atoms with Gasteiger partial charge in [-0.25, -0.2) is 0 Å². The number of fused-ring (bicyclic) bond motifs is 12. The number of aromatic nitrogens is 2. The highest BCUT2D eigenvalue weighted by atomic mass is 32.1. The maximum Gasteiger partial charge on any atom is 0.119 e. The van der Waals surface area contributed by atoms with Crippen molar-refractivity contribution in [3.05, 3.63) is 204 Å². The summed E-state index contributed by atoms with van der Waals surface area (Å²) in [7, 11) is 3.45. The highest BCUT2D eigenvalue weighted by Gasteiger charge is 2.22. The molecule has 1 aliphatic carbocycles. The van der Waals surface area contributed by atoms with Crippen molar-refractivity contribution < 1.29 is 9.47 Å². The largest absolute Gasteiger partial charge is 0.497 e. The molecule has 0 aliphatic heterocycles. The van der Waals surface area contributed by atoms with E-state index in [0.717, 1.165) is 34.8 Å². The normalized spacial score (nSPS) is 13.8. The summed E-state index contributed by atoms with van der Waals surface area (Å²) in [4.78, 5) is 0. The maximum atomic E-state index is 5.59. The number of methoxy groups -OCH3 is 2. The summed E-state index contributed by atoms with van der Waals surface area (Å²) < 4.78 is 21.4. The Bertz CT molecular complexity index is 4320. The number of thiophene rings is 2. The lowest BCUT2D eigenvalue weighted by Gasteiger charge is -2.15. The number of benzene rings is 9. The molecule has 0 saturated carbocycles. The van der Waals surface area contributed by atoms with Crippen molar-refractivity contribution in [2.24, 2.45) is 0 Å². The molecule has 9 aromatic carbocycles. The molecular formula is C62H42N2O2S2. The first kappa shape index (κ1) is 39.3. The first-order chi connectivity index (χ1) is 33.6. The summed E-state index contributed by atoms with van der Waals surface area (Å²) in [6.45, 7) is 0. The Morgan fingerprint density at radius 2 is 0.956 bits per heavy atom. The fourth-order valence-corrected chi connectivity index (χ4v) is 13.6. The monoisotopic (exact) mass is 910 g/mol. The molecule has 0 N–H and O–H groups in total. The summed E-state index contributed by atoms with van der Waals surface area (Å²) >= 11 is 3.80. The van der Waals surface area contributed by atoms with E-state index >= 15 is 0 Å². The molecule has 0 spiro atoms. The Morgan fingerprint density at radius 3 is 1.60 bits per heavy atom. The van der Waals surface area contributed by atoms with Crippen LogP contribution in [0.1, 0.15) is 17.9 Å². The van der Waals surface area contributed by atoms with E-state index in [1.165, 1.54) is 106 Å². The van der Waals surface area contributed by atoms with E-state index in [2.05, 4.69) is 197 Å². The molecule has 1 unspecified atom stereocenters.